The SMILES string of the molecule is CCCCCCN1c2ccc3cc2Sc2cc(ccc21)-c1ccc(s1)C=Cc1ccc(s1)-c1ccc2c(c1)Sc1cc(ccc1N2CCCCCC)-c1ccc(s1)C=Cc1ccc-3s1. The molecular formula is C56H50N2S6. The van der Waals surface area contributed by atoms with Gasteiger partial charge in [-0.15, -0.1) is 45.3 Å². The van der Waals surface area contributed by atoms with Crippen LogP contribution in [0.4, 0.5) is 22.7 Å². The number of nitrogens with zero attached hydrogens (tertiary/aromatic N) is 2. The van der Waals surface area contributed by atoms with E-state index < -0.39 is 0 Å². The summed E-state index contributed by atoms with van der Waals surface area (Å²) in [7, 11) is 0. The zero-order valence-corrected chi connectivity index (χ0v) is 41.2. The third kappa shape index (κ3) is 8.66. The molecule has 4 aromatic carbocycles. The summed E-state index contributed by atoms with van der Waals surface area (Å²) in [6, 6.07) is 46.9. The number of unbranched alkanes of at least 4 members (excludes halogenated alkanes) is 6. The molecular weight excluding hydrogens is 893 g/mol. The predicted molar refractivity (Wildman–Crippen MR) is 287 cm³/mol. The van der Waals surface area contributed by atoms with Crippen LogP contribution in [0.5, 0.6) is 0 Å². The van der Waals surface area contributed by atoms with Gasteiger partial charge in [-0.2, -0.15) is 0 Å². The van der Waals surface area contributed by atoms with Crippen LogP contribution in [0.25, 0.3) is 66.1 Å². The number of hydrogen-bond acceptors (Lipinski definition) is 8. The zero-order chi connectivity index (χ0) is 43.0. The van der Waals surface area contributed by atoms with E-state index in [0.717, 1.165) is 13.1 Å². The molecule has 2 nitrogen and oxygen atoms in total. The van der Waals surface area contributed by atoms with Gasteiger partial charge in [0, 0.05) is 71.7 Å². The van der Waals surface area contributed by atoms with Gasteiger partial charge in [0.1, 0.15) is 0 Å². The fourth-order valence-corrected chi connectivity index (χ4v) is 15.0. The first-order valence-corrected chi connectivity index (χ1v) is 27.7. The quantitative estimate of drug-likeness (QED) is 0.126. The molecule has 8 heteroatoms. The van der Waals surface area contributed by atoms with Gasteiger partial charge >= 0.3 is 0 Å². The number of thiophene rings is 4. The first kappa shape index (κ1) is 42.1. The van der Waals surface area contributed by atoms with E-state index in [0.29, 0.717) is 0 Å². The molecule has 3 aliphatic heterocycles. The Balaban J connectivity index is 0.969. The van der Waals surface area contributed by atoms with Gasteiger partial charge in [0.25, 0.3) is 0 Å². The molecule has 0 saturated heterocycles. The highest BCUT2D eigenvalue weighted by atomic mass is 32.2. The van der Waals surface area contributed by atoms with Crippen molar-refractivity contribution in [3.05, 3.63) is 141 Å². The second-order valence-electron chi connectivity index (χ2n) is 16.8. The molecule has 0 N–H and O–H groups in total. The van der Waals surface area contributed by atoms with E-state index in [1.807, 2.05) is 68.9 Å². The smallest absolute Gasteiger partial charge is 0.0553 e. The second kappa shape index (κ2) is 18.7. The van der Waals surface area contributed by atoms with E-state index in [9.17, 15) is 0 Å². The van der Waals surface area contributed by atoms with E-state index in [1.165, 1.54) is 155 Å². The van der Waals surface area contributed by atoms with Gasteiger partial charge in [0.05, 0.1) is 22.7 Å². The molecule has 11 rings (SSSR count). The molecule has 16 bridgehead atoms. The first-order chi connectivity index (χ1) is 31.6. The number of hydrogen-bond donors (Lipinski definition) is 0. The zero-order valence-electron chi connectivity index (χ0n) is 36.3. The van der Waals surface area contributed by atoms with Gasteiger partial charge < -0.3 is 9.80 Å². The van der Waals surface area contributed by atoms with Gasteiger partial charge in [-0.25, -0.2) is 0 Å². The van der Waals surface area contributed by atoms with Crippen LogP contribution in [0.3, 0.4) is 0 Å². The van der Waals surface area contributed by atoms with Crippen LogP contribution in [-0.4, -0.2) is 13.1 Å². The van der Waals surface area contributed by atoms with Crippen molar-refractivity contribution < 1.29 is 0 Å². The van der Waals surface area contributed by atoms with Crippen molar-refractivity contribution in [1.29, 1.82) is 0 Å². The largest absolute Gasteiger partial charge is 0.340 e. The molecule has 0 radical (unpaired) electrons. The molecule has 0 atom stereocenters. The number of benzene rings is 4. The molecule has 0 amide bonds. The van der Waals surface area contributed by atoms with Crippen LogP contribution in [0.1, 0.15) is 84.7 Å². The van der Waals surface area contributed by atoms with Crippen LogP contribution in [0, 0.1) is 0 Å². The van der Waals surface area contributed by atoms with Gasteiger partial charge in [0.2, 0.25) is 0 Å². The Bertz CT molecular complexity index is 2640. The Morgan fingerprint density at radius 2 is 0.625 bits per heavy atom. The number of fused-ring (bicyclic) bond motifs is 16. The van der Waals surface area contributed by atoms with Crippen molar-refractivity contribution >= 4 is 116 Å². The Morgan fingerprint density at radius 3 is 0.906 bits per heavy atom. The van der Waals surface area contributed by atoms with Crippen molar-refractivity contribution in [3.63, 3.8) is 0 Å². The average molecular weight is 943 g/mol. The predicted octanol–water partition coefficient (Wildman–Crippen LogP) is 19.6. The average Bonchev–Trinajstić information content (AvgIpc) is 4.17. The van der Waals surface area contributed by atoms with E-state index in [4.69, 9.17) is 0 Å². The highest BCUT2D eigenvalue weighted by molar-refractivity contribution is 8.00. The standard InChI is InChI=1S/C56H50N2S6/c1-3-5-7-9-31-57-45-23-11-37-33-53(45)63-54-34-38(12-24-46(54)57)50-28-20-42(60-50)16-18-44-22-30-52(62-44)40-14-26-48-56(36-40)64-55-35-39(13-25-47(55)58(48)32-10-8-6-4-2)51-29-21-43(61-51)17-15-41-19-27-49(37)59-41/h11-30,33-36H,3-10,31-32H2,1-2H3. The third-order valence-electron chi connectivity index (χ3n) is 12.4. The Hall–Kier alpha value is -4.54. The summed E-state index contributed by atoms with van der Waals surface area (Å²) < 4.78 is 0. The van der Waals surface area contributed by atoms with Crippen molar-refractivity contribution in [2.24, 2.45) is 0 Å². The second-order valence-corrected chi connectivity index (χ2v) is 23.5. The molecule has 4 aromatic heterocycles. The summed E-state index contributed by atoms with van der Waals surface area (Å²) in [6.07, 6.45) is 19.1. The van der Waals surface area contributed by atoms with Crippen LogP contribution in [-0.2, 0) is 0 Å². The summed E-state index contributed by atoms with van der Waals surface area (Å²) in [4.78, 5) is 20.8. The topological polar surface area (TPSA) is 6.48 Å². The maximum absolute atomic E-state index is 2.59. The summed E-state index contributed by atoms with van der Waals surface area (Å²) >= 11 is 11.4. The minimum Gasteiger partial charge on any atom is -0.340 e. The maximum Gasteiger partial charge on any atom is 0.0553 e. The van der Waals surface area contributed by atoms with E-state index >= 15 is 0 Å². The molecule has 8 aromatic rings. The molecule has 0 fully saturated rings. The van der Waals surface area contributed by atoms with Gasteiger partial charge in [0.15, 0.2) is 0 Å². The summed E-state index contributed by atoms with van der Waals surface area (Å²) in [5.74, 6) is 0. The summed E-state index contributed by atoms with van der Waals surface area (Å²) in [5, 5.41) is 0. The molecule has 64 heavy (non-hydrogen) atoms. The number of rotatable bonds is 10. The molecule has 3 aliphatic rings. The maximum atomic E-state index is 2.59. The van der Waals surface area contributed by atoms with Crippen molar-refractivity contribution in [1.82, 2.24) is 0 Å². The lowest BCUT2D eigenvalue weighted by Gasteiger charge is -2.33. The highest BCUT2D eigenvalue weighted by Crippen LogP contribution is 2.53. The van der Waals surface area contributed by atoms with Gasteiger partial charge in [-0.3, -0.25) is 0 Å². The van der Waals surface area contributed by atoms with Crippen LogP contribution in [0.2, 0.25) is 0 Å². The summed E-state index contributed by atoms with van der Waals surface area (Å²) in [6.45, 7) is 6.66. The fourth-order valence-electron chi connectivity index (χ4n) is 8.98. The molecule has 0 spiro atoms. The van der Waals surface area contributed by atoms with Crippen LogP contribution in [0.15, 0.2) is 141 Å². The molecule has 0 unspecified atom stereocenters. The minimum atomic E-state index is 1.03. The third-order valence-corrected chi connectivity index (χ3v) is 19.0. The van der Waals surface area contributed by atoms with Crippen LogP contribution < -0.4 is 9.80 Å². The first-order valence-electron chi connectivity index (χ1n) is 22.8. The Labute approximate surface area is 403 Å². The molecule has 320 valence electrons. The lowest BCUT2D eigenvalue weighted by molar-refractivity contribution is 0.666. The lowest BCUT2D eigenvalue weighted by Crippen LogP contribution is -2.22. The minimum absolute atomic E-state index is 1.03. The van der Waals surface area contributed by atoms with E-state index in [-0.39, 0.29) is 0 Å². The molecule has 7 heterocycles. The highest BCUT2D eigenvalue weighted by Gasteiger charge is 2.26. The fraction of sp³-hybridized carbons (Fsp3) is 0.214. The van der Waals surface area contributed by atoms with Gasteiger partial charge in [-0.05, 0) is 156 Å². The lowest BCUT2D eigenvalue weighted by atomic mass is 10.1. The van der Waals surface area contributed by atoms with Crippen molar-refractivity contribution in [2.45, 2.75) is 84.8 Å². The van der Waals surface area contributed by atoms with Crippen molar-refractivity contribution in [3.8, 4) is 41.8 Å². The monoisotopic (exact) mass is 942 g/mol. The van der Waals surface area contributed by atoms with E-state index in [1.54, 1.807) is 0 Å². The van der Waals surface area contributed by atoms with Crippen molar-refractivity contribution in [2.75, 3.05) is 22.9 Å². The Morgan fingerprint density at radius 1 is 0.328 bits per heavy atom. The number of anilines is 4. The van der Waals surface area contributed by atoms with E-state index in [2.05, 4.69) is 169 Å². The molecule has 0 saturated carbocycles. The normalized spacial score (nSPS) is 13.5. The Kier molecular flexibility index (Phi) is 12.3. The van der Waals surface area contributed by atoms with Crippen LogP contribution >= 0.6 is 68.9 Å². The van der Waals surface area contributed by atoms with Gasteiger partial charge in [-0.1, -0.05) is 100 Å². The summed E-state index contributed by atoms with van der Waals surface area (Å²) in [5.41, 5.74) is 10.5. The molecule has 0 aliphatic carbocycles.